The van der Waals surface area contributed by atoms with Crippen molar-refractivity contribution in [2.45, 2.75) is 13.0 Å². The first-order valence-corrected chi connectivity index (χ1v) is 7.98. The summed E-state index contributed by atoms with van der Waals surface area (Å²) in [6.07, 6.45) is -1.09. The van der Waals surface area contributed by atoms with Crippen LogP contribution >= 0.6 is 11.3 Å². The predicted octanol–water partition coefficient (Wildman–Crippen LogP) is 2.46. The van der Waals surface area contributed by atoms with Gasteiger partial charge in [-0.1, -0.05) is 42.5 Å². The molecule has 3 rings (SSSR count). The molecule has 0 bridgehead atoms. The number of fused-ring (bicyclic) bond motifs is 1. The Kier molecular flexibility index (Phi) is 4.27. The van der Waals surface area contributed by atoms with E-state index in [1.807, 2.05) is 24.3 Å². The first kappa shape index (κ1) is 15.5. The monoisotopic (exact) mass is 327 g/mol. The summed E-state index contributed by atoms with van der Waals surface area (Å²) in [5.41, 5.74) is 2.30. The van der Waals surface area contributed by atoms with Gasteiger partial charge in [-0.15, -0.1) is 0 Å². The number of aliphatic hydroxyl groups excluding tert-OH is 1. The van der Waals surface area contributed by atoms with Crippen molar-refractivity contribution in [1.29, 1.82) is 0 Å². The van der Waals surface area contributed by atoms with Gasteiger partial charge in [-0.05, 0) is 29.8 Å². The number of aliphatic carboxylic acids is 1. The first-order valence-electron chi connectivity index (χ1n) is 7.16. The molecule has 1 aromatic heterocycles. The minimum atomic E-state index is -1.27. The molecule has 2 atom stereocenters. The molecule has 0 fully saturated rings. The number of rotatable bonds is 5. The number of nitrogens with one attached hydrogen (secondary N) is 1. The van der Waals surface area contributed by atoms with E-state index in [0.29, 0.717) is 5.56 Å². The normalized spacial score (nSPS) is 13.7. The second-order valence-electron chi connectivity index (χ2n) is 5.29. The van der Waals surface area contributed by atoms with E-state index in [9.17, 15) is 15.0 Å². The summed E-state index contributed by atoms with van der Waals surface area (Å²) in [6.45, 7) is 1.42. The lowest BCUT2D eigenvalue weighted by Gasteiger charge is -2.20. The highest BCUT2D eigenvalue weighted by molar-refractivity contribution is 7.22. The molecule has 0 saturated carbocycles. The van der Waals surface area contributed by atoms with Crippen LogP contribution in [-0.4, -0.2) is 16.1 Å². The highest BCUT2D eigenvalue weighted by atomic mass is 32.1. The molecule has 6 heteroatoms. The lowest BCUT2D eigenvalue weighted by Crippen LogP contribution is -2.33. The summed E-state index contributed by atoms with van der Waals surface area (Å²) in [5, 5.41) is 24.8. The molecule has 2 N–H and O–H groups in total. The molecule has 2 unspecified atom stereocenters. The number of carboxylic acids is 1. The maximum atomic E-state index is 10.8. The van der Waals surface area contributed by atoms with E-state index >= 15 is 0 Å². The fourth-order valence-electron chi connectivity index (χ4n) is 2.23. The van der Waals surface area contributed by atoms with E-state index in [1.54, 1.807) is 35.6 Å². The van der Waals surface area contributed by atoms with Gasteiger partial charge in [0.2, 0.25) is 0 Å². The number of aromatic nitrogens is 1. The van der Waals surface area contributed by atoms with Gasteiger partial charge in [-0.3, -0.25) is 0 Å². The van der Waals surface area contributed by atoms with Gasteiger partial charge in [0.05, 0.1) is 16.3 Å². The zero-order valence-electron chi connectivity index (χ0n) is 12.4. The average molecular weight is 327 g/mol. The third kappa shape index (κ3) is 3.33. The van der Waals surface area contributed by atoms with Crippen LogP contribution in [0, 0.1) is 5.92 Å². The number of para-hydroxylation sites is 1. The van der Waals surface area contributed by atoms with E-state index in [2.05, 4.69) is 10.3 Å². The summed E-state index contributed by atoms with van der Waals surface area (Å²) in [4.78, 5) is 15.3. The standard InChI is InChI=1S/C17H16N2O3S/c1-10(16(21)22)15(20)11-6-8-12(9-7-11)18-17-19-13-4-2-3-5-14(13)23-17/h2-10,15,20H,1H3,(H,18,19)(H,21,22)/p-1. The number of hydrogen-bond donors (Lipinski definition) is 2. The van der Waals surface area contributed by atoms with Crippen LogP contribution in [0.3, 0.4) is 0 Å². The van der Waals surface area contributed by atoms with E-state index in [4.69, 9.17) is 0 Å². The van der Waals surface area contributed by atoms with Crippen LogP contribution in [0.25, 0.3) is 10.2 Å². The molecular weight excluding hydrogens is 312 g/mol. The highest BCUT2D eigenvalue weighted by Crippen LogP contribution is 2.29. The van der Waals surface area contributed by atoms with Crippen LogP contribution in [0.1, 0.15) is 18.6 Å². The zero-order valence-corrected chi connectivity index (χ0v) is 13.2. The van der Waals surface area contributed by atoms with Gasteiger partial charge in [-0.2, -0.15) is 0 Å². The maximum Gasteiger partial charge on any atom is 0.188 e. The van der Waals surface area contributed by atoms with Crippen LogP contribution in [0.2, 0.25) is 0 Å². The average Bonchev–Trinajstić information content (AvgIpc) is 2.96. The molecule has 23 heavy (non-hydrogen) atoms. The van der Waals surface area contributed by atoms with Crippen LogP contribution in [-0.2, 0) is 4.79 Å². The molecule has 0 aliphatic heterocycles. The van der Waals surface area contributed by atoms with Crippen molar-refractivity contribution < 1.29 is 15.0 Å². The Labute approximate surface area is 137 Å². The van der Waals surface area contributed by atoms with Crippen LogP contribution in [0.5, 0.6) is 0 Å². The van der Waals surface area contributed by atoms with Crippen molar-refractivity contribution >= 4 is 38.3 Å². The number of anilines is 2. The molecule has 118 valence electrons. The van der Waals surface area contributed by atoms with E-state index in [1.165, 1.54) is 6.92 Å². The second-order valence-corrected chi connectivity index (χ2v) is 6.32. The van der Waals surface area contributed by atoms with Crippen molar-refractivity contribution in [3.63, 3.8) is 0 Å². The summed E-state index contributed by atoms with van der Waals surface area (Å²) in [7, 11) is 0. The van der Waals surface area contributed by atoms with Crippen LogP contribution < -0.4 is 10.4 Å². The number of aliphatic hydroxyl groups is 1. The first-order chi connectivity index (χ1) is 11.0. The fourth-order valence-corrected chi connectivity index (χ4v) is 3.12. The Bertz CT molecular complexity index is 796. The van der Waals surface area contributed by atoms with Gasteiger partial charge in [0, 0.05) is 17.6 Å². The molecule has 0 aliphatic rings. The van der Waals surface area contributed by atoms with Gasteiger partial charge < -0.3 is 20.3 Å². The fraction of sp³-hybridized carbons (Fsp3) is 0.176. The lowest BCUT2D eigenvalue weighted by atomic mass is 9.97. The molecule has 0 aliphatic carbocycles. The summed E-state index contributed by atoms with van der Waals surface area (Å²) < 4.78 is 1.10. The van der Waals surface area contributed by atoms with Crippen molar-refractivity contribution in [3.05, 3.63) is 54.1 Å². The van der Waals surface area contributed by atoms with E-state index < -0.39 is 18.0 Å². The van der Waals surface area contributed by atoms with Crippen molar-refractivity contribution in [2.24, 2.45) is 5.92 Å². The van der Waals surface area contributed by atoms with Gasteiger partial charge >= 0.3 is 0 Å². The molecule has 1 heterocycles. The Hall–Kier alpha value is -2.44. The van der Waals surface area contributed by atoms with Crippen LogP contribution in [0.4, 0.5) is 10.8 Å². The van der Waals surface area contributed by atoms with Gasteiger partial charge in [-0.25, -0.2) is 4.98 Å². The Morgan fingerprint density at radius 1 is 1.22 bits per heavy atom. The summed E-state index contributed by atoms with van der Waals surface area (Å²) >= 11 is 1.55. The number of carbonyl (C=O) groups is 1. The molecule has 0 spiro atoms. The molecule has 3 aromatic rings. The Morgan fingerprint density at radius 3 is 2.57 bits per heavy atom. The largest absolute Gasteiger partial charge is 0.550 e. The number of carbonyl (C=O) groups excluding carboxylic acids is 1. The van der Waals surface area contributed by atoms with E-state index in [0.717, 1.165) is 21.0 Å². The van der Waals surface area contributed by atoms with Crippen molar-refractivity contribution in [3.8, 4) is 0 Å². The molecule has 2 aromatic carbocycles. The third-order valence-electron chi connectivity index (χ3n) is 3.64. The maximum absolute atomic E-state index is 10.8. The molecule has 5 nitrogen and oxygen atoms in total. The number of benzene rings is 2. The number of hydrogen-bond acceptors (Lipinski definition) is 6. The van der Waals surface area contributed by atoms with Crippen molar-refractivity contribution in [1.82, 2.24) is 4.98 Å². The van der Waals surface area contributed by atoms with E-state index in [-0.39, 0.29) is 0 Å². The van der Waals surface area contributed by atoms with Crippen molar-refractivity contribution in [2.75, 3.05) is 5.32 Å². The Morgan fingerprint density at radius 2 is 1.91 bits per heavy atom. The number of nitrogens with zero attached hydrogens (tertiary/aromatic N) is 1. The smallest absolute Gasteiger partial charge is 0.188 e. The quantitative estimate of drug-likeness (QED) is 0.752. The third-order valence-corrected chi connectivity index (χ3v) is 4.59. The van der Waals surface area contributed by atoms with Gasteiger partial charge in [0.25, 0.3) is 0 Å². The predicted molar refractivity (Wildman–Crippen MR) is 88.5 cm³/mol. The minimum absolute atomic E-state index is 0.538. The van der Waals surface area contributed by atoms with Crippen LogP contribution in [0.15, 0.2) is 48.5 Å². The van der Waals surface area contributed by atoms with Gasteiger partial charge in [0.15, 0.2) is 5.13 Å². The summed E-state index contributed by atoms with van der Waals surface area (Å²) in [6, 6.07) is 14.8. The zero-order chi connectivity index (χ0) is 16.4. The molecule has 0 saturated heterocycles. The highest BCUT2D eigenvalue weighted by Gasteiger charge is 2.17. The van der Waals surface area contributed by atoms with Gasteiger partial charge in [0.1, 0.15) is 0 Å². The minimum Gasteiger partial charge on any atom is -0.550 e. The SMILES string of the molecule is CC(C(=O)[O-])C(O)c1ccc(Nc2nc3ccccc3s2)cc1. The topological polar surface area (TPSA) is 85.3 Å². The molecular formula is C17H15N2O3S-. The lowest BCUT2D eigenvalue weighted by molar-refractivity contribution is -0.313. The number of thiazole rings is 1. The molecule has 0 radical (unpaired) electrons. The second kappa shape index (κ2) is 6.36. The Balaban J connectivity index is 1.75. The molecule has 0 amide bonds. The summed E-state index contributed by atoms with van der Waals surface area (Å²) in [5.74, 6) is -2.23. The number of carboxylic acid groups (broad SMARTS) is 1.